The fourth-order valence-corrected chi connectivity index (χ4v) is 5.63. The monoisotopic (exact) mass is 604 g/mol. The van der Waals surface area contributed by atoms with Gasteiger partial charge in [-0.25, -0.2) is 4.98 Å². The van der Waals surface area contributed by atoms with Crippen molar-refractivity contribution in [1.82, 2.24) is 9.55 Å². The first kappa shape index (κ1) is 30.7. The molecule has 0 unspecified atom stereocenters. The van der Waals surface area contributed by atoms with E-state index < -0.39 is 0 Å². The number of carbonyl (C=O) groups excluding carboxylic acids is 1. The van der Waals surface area contributed by atoms with Gasteiger partial charge >= 0.3 is 5.97 Å². The van der Waals surface area contributed by atoms with Gasteiger partial charge in [-0.2, -0.15) is 0 Å². The molecule has 1 heterocycles. The van der Waals surface area contributed by atoms with Gasteiger partial charge in [0.25, 0.3) is 0 Å². The Morgan fingerprint density at radius 3 is 2.47 bits per heavy atom. The quantitative estimate of drug-likeness (QED) is 0.114. The number of halogens is 1. The number of aromatic nitrogens is 2. The number of rotatable bonds is 13. The molecule has 43 heavy (non-hydrogen) atoms. The van der Waals surface area contributed by atoms with Gasteiger partial charge < -0.3 is 23.5 Å². The highest BCUT2D eigenvalue weighted by atomic mass is 35.5. The van der Waals surface area contributed by atoms with E-state index in [0.717, 1.165) is 46.6 Å². The molecular weight excluding hydrogens is 564 g/mol. The number of aryl methyl sites for hydroxylation is 2. The van der Waals surface area contributed by atoms with E-state index in [4.69, 9.17) is 35.5 Å². The number of ether oxygens (including phenoxy) is 4. The summed E-state index contributed by atoms with van der Waals surface area (Å²) in [5.41, 5.74) is 3.93. The van der Waals surface area contributed by atoms with Gasteiger partial charge in [0.15, 0.2) is 0 Å². The first-order valence-electron chi connectivity index (χ1n) is 15.4. The zero-order valence-electron chi connectivity index (χ0n) is 25.1. The highest BCUT2D eigenvalue weighted by Crippen LogP contribution is 2.29. The molecule has 8 heteroatoms. The summed E-state index contributed by atoms with van der Waals surface area (Å²) in [5.74, 6) is 3.02. The van der Waals surface area contributed by atoms with Gasteiger partial charge in [-0.3, -0.25) is 4.79 Å². The first-order valence-corrected chi connectivity index (χ1v) is 15.8. The number of hydrogen-bond donors (Lipinski definition) is 0. The molecule has 5 rings (SSSR count). The minimum Gasteiger partial charge on any atom is -0.493 e. The lowest BCUT2D eigenvalue weighted by molar-refractivity contribution is -0.143. The summed E-state index contributed by atoms with van der Waals surface area (Å²) < 4.78 is 25.9. The van der Waals surface area contributed by atoms with Crippen molar-refractivity contribution < 1.29 is 23.7 Å². The lowest BCUT2D eigenvalue weighted by Crippen LogP contribution is -2.15. The maximum Gasteiger partial charge on any atom is 0.306 e. The minimum absolute atomic E-state index is 0.225. The topological polar surface area (TPSA) is 71.8 Å². The fourth-order valence-electron chi connectivity index (χ4n) is 5.51. The number of benzene rings is 3. The molecule has 0 bridgehead atoms. The van der Waals surface area contributed by atoms with Crippen LogP contribution >= 0.6 is 11.6 Å². The van der Waals surface area contributed by atoms with Crippen LogP contribution in [0, 0.1) is 0 Å². The van der Waals surface area contributed by atoms with E-state index in [-0.39, 0.29) is 12.4 Å². The number of nitrogens with zero attached hydrogens (tertiary/aromatic N) is 2. The summed E-state index contributed by atoms with van der Waals surface area (Å²) in [6, 6.07) is 19.5. The van der Waals surface area contributed by atoms with Crippen molar-refractivity contribution in [3.63, 3.8) is 0 Å². The zero-order chi connectivity index (χ0) is 30.0. The molecule has 0 saturated heterocycles. The van der Waals surface area contributed by atoms with Crippen LogP contribution in [0.1, 0.15) is 68.8 Å². The average Bonchev–Trinajstić information content (AvgIpc) is 3.14. The number of fused-ring (bicyclic) bond motifs is 1. The molecule has 4 aromatic rings. The van der Waals surface area contributed by atoms with Gasteiger partial charge in [0.05, 0.1) is 30.4 Å². The maximum absolute atomic E-state index is 12.0. The summed E-state index contributed by atoms with van der Waals surface area (Å²) in [5, 5.41) is 0.679. The number of imidazole rings is 1. The first-order chi connectivity index (χ1) is 21.0. The lowest BCUT2D eigenvalue weighted by Gasteiger charge is -2.17. The van der Waals surface area contributed by atoms with E-state index >= 15 is 0 Å². The van der Waals surface area contributed by atoms with Crippen molar-refractivity contribution >= 4 is 28.6 Å². The Kier molecular flexibility index (Phi) is 10.8. The second-order valence-corrected chi connectivity index (χ2v) is 11.5. The molecule has 3 aromatic carbocycles. The van der Waals surface area contributed by atoms with Crippen LogP contribution in [0.5, 0.6) is 17.2 Å². The zero-order valence-corrected chi connectivity index (χ0v) is 25.9. The van der Waals surface area contributed by atoms with Crippen LogP contribution in [0.15, 0.2) is 60.7 Å². The van der Waals surface area contributed by atoms with Crippen LogP contribution in [0.2, 0.25) is 5.02 Å². The molecule has 1 saturated carbocycles. The van der Waals surface area contributed by atoms with Crippen molar-refractivity contribution in [1.29, 1.82) is 0 Å². The van der Waals surface area contributed by atoms with Gasteiger partial charge in [0.1, 0.15) is 29.7 Å². The average molecular weight is 605 g/mol. The van der Waals surface area contributed by atoms with Gasteiger partial charge in [-0.05, 0) is 80.5 Å². The Balaban J connectivity index is 1.23. The summed E-state index contributed by atoms with van der Waals surface area (Å²) in [7, 11) is 2.04. The molecular formula is C35H41ClN2O5. The van der Waals surface area contributed by atoms with Crippen LogP contribution in [-0.4, -0.2) is 34.8 Å². The van der Waals surface area contributed by atoms with Crippen molar-refractivity contribution in [2.75, 3.05) is 13.2 Å². The molecule has 1 fully saturated rings. The van der Waals surface area contributed by atoms with E-state index in [0.29, 0.717) is 55.3 Å². The van der Waals surface area contributed by atoms with Gasteiger partial charge in [-0.15, -0.1) is 0 Å². The summed E-state index contributed by atoms with van der Waals surface area (Å²) in [6.45, 7) is 3.01. The second kappa shape index (κ2) is 15.1. The Morgan fingerprint density at radius 1 is 0.930 bits per heavy atom. The minimum atomic E-state index is -0.225. The van der Waals surface area contributed by atoms with Crippen LogP contribution < -0.4 is 14.2 Å². The van der Waals surface area contributed by atoms with Gasteiger partial charge in [0.2, 0.25) is 0 Å². The Bertz CT molecular complexity index is 1490. The number of esters is 1. The SMILES string of the molecule is CCOC(=O)CCc1ccc(OCCc2nc3ccc(OC4CCCCCC4)cc3n2C)cc1OCc1ccc(Cl)cc1. The molecule has 1 aliphatic carbocycles. The Hall–Kier alpha value is -3.71. The van der Waals surface area contributed by atoms with E-state index in [1.54, 1.807) is 0 Å². The summed E-state index contributed by atoms with van der Waals surface area (Å²) >= 11 is 6.03. The Morgan fingerprint density at radius 2 is 1.70 bits per heavy atom. The van der Waals surface area contributed by atoms with Gasteiger partial charge in [-0.1, -0.05) is 42.6 Å². The molecule has 0 atom stereocenters. The normalized spacial score (nSPS) is 13.9. The standard InChI is InChI=1S/C35H41ClN2O5/c1-3-40-35(39)19-13-26-12-16-29(23-33(26)42-24-25-10-14-27(36)15-11-25)41-21-20-34-37-31-18-17-30(22-32(31)38(34)2)43-28-8-6-4-5-7-9-28/h10-12,14-18,22-23,28H,3-9,13,19-21,24H2,1-2H3. The van der Waals surface area contributed by atoms with Crippen molar-refractivity contribution in [3.05, 3.63) is 82.6 Å². The highest BCUT2D eigenvalue weighted by Gasteiger charge is 2.16. The molecule has 0 spiro atoms. The number of hydrogen-bond acceptors (Lipinski definition) is 6. The molecule has 228 valence electrons. The predicted octanol–water partition coefficient (Wildman–Crippen LogP) is 8.02. The van der Waals surface area contributed by atoms with E-state index in [2.05, 4.69) is 10.6 Å². The second-order valence-electron chi connectivity index (χ2n) is 11.1. The van der Waals surface area contributed by atoms with E-state index in [1.807, 2.05) is 68.6 Å². The molecule has 7 nitrogen and oxygen atoms in total. The lowest BCUT2D eigenvalue weighted by atomic mass is 10.1. The molecule has 0 aliphatic heterocycles. The van der Waals surface area contributed by atoms with E-state index in [9.17, 15) is 4.79 Å². The van der Waals surface area contributed by atoms with Crippen molar-refractivity contribution in [3.8, 4) is 17.2 Å². The maximum atomic E-state index is 12.0. The summed E-state index contributed by atoms with van der Waals surface area (Å²) in [4.78, 5) is 16.8. The number of carbonyl (C=O) groups is 1. The molecule has 0 amide bonds. The Labute approximate surface area is 259 Å². The molecule has 0 N–H and O–H groups in total. The third-order valence-corrected chi connectivity index (χ3v) is 8.15. The third kappa shape index (κ3) is 8.66. The largest absolute Gasteiger partial charge is 0.493 e. The molecule has 1 aliphatic rings. The van der Waals surface area contributed by atoms with Gasteiger partial charge in [0, 0.05) is 37.0 Å². The van der Waals surface area contributed by atoms with Crippen LogP contribution in [-0.2, 0) is 36.0 Å². The van der Waals surface area contributed by atoms with Crippen molar-refractivity contribution in [2.45, 2.75) is 77.4 Å². The van der Waals surface area contributed by atoms with Crippen molar-refractivity contribution in [2.24, 2.45) is 7.05 Å². The molecule has 0 radical (unpaired) electrons. The predicted molar refractivity (Wildman–Crippen MR) is 169 cm³/mol. The van der Waals surface area contributed by atoms with Crippen LogP contribution in [0.4, 0.5) is 0 Å². The van der Waals surface area contributed by atoms with E-state index in [1.165, 1.54) is 25.7 Å². The smallest absolute Gasteiger partial charge is 0.306 e. The van der Waals surface area contributed by atoms with Crippen LogP contribution in [0.25, 0.3) is 11.0 Å². The third-order valence-electron chi connectivity index (χ3n) is 7.89. The van der Waals surface area contributed by atoms with Crippen LogP contribution in [0.3, 0.4) is 0 Å². The molecule has 1 aromatic heterocycles. The highest BCUT2D eigenvalue weighted by molar-refractivity contribution is 6.30. The summed E-state index contributed by atoms with van der Waals surface area (Å²) in [6.07, 6.45) is 9.12. The fraction of sp³-hybridized carbons (Fsp3) is 0.429.